The number of benzene rings is 1. The molecule has 0 aliphatic rings. The molecule has 18 heavy (non-hydrogen) atoms. The zero-order valence-corrected chi connectivity index (χ0v) is 13.3. The molecule has 0 amide bonds. The summed E-state index contributed by atoms with van der Waals surface area (Å²) in [5.41, 5.74) is 8.08. The first kappa shape index (κ1) is 17.0. The van der Waals surface area contributed by atoms with Gasteiger partial charge in [0.25, 0.3) is 0 Å². The van der Waals surface area contributed by atoms with Gasteiger partial charge in [0.1, 0.15) is 0 Å². The Bertz CT molecular complexity index is 400. The molecule has 0 heterocycles. The predicted molar refractivity (Wildman–Crippen MR) is 90.8 cm³/mol. The van der Waals surface area contributed by atoms with Crippen LogP contribution in [0, 0.1) is 0 Å². The molecule has 0 spiro atoms. The summed E-state index contributed by atoms with van der Waals surface area (Å²) in [6.07, 6.45) is 6.04. The molecule has 0 aromatic heterocycles. The quantitative estimate of drug-likeness (QED) is 0.278. The van der Waals surface area contributed by atoms with Crippen LogP contribution in [-0.4, -0.2) is 12.5 Å². The van der Waals surface area contributed by atoms with Gasteiger partial charge in [-0.15, -0.1) is 24.0 Å². The average molecular weight is 359 g/mol. The fraction of sp³-hybridized carbons (Fsp3) is 0.357. The van der Waals surface area contributed by atoms with Crippen LogP contribution in [0.1, 0.15) is 25.8 Å². The summed E-state index contributed by atoms with van der Waals surface area (Å²) in [5.74, 6) is 0.475. The number of nitrogens with one attached hydrogen (secondary N) is 1. The van der Waals surface area contributed by atoms with Crippen molar-refractivity contribution >= 4 is 35.6 Å². The van der Waals surface area contributed by atoms with Crippen LogP contribution in [0.15, 0.2) is 41.4 Å². The Morgan fingerprint density at radius 2 is 2.22 bits per heavy atom. The van der Waals surface area contributed by atoms with Crippen molar-refractivity contribution in [2.45, 2.75) is 26.7 Å². The number of hydrogen-bond donors (Lipinski definition) is 2. The van der Waals surface area contributed by atoms with Crippen molar-refractivity contribution in [3.8, 4) is 0 Å². The van der Waals surface area contributed by atoms with Crippen molar-refractivity contribution in [1.29, 1.82) is 0 Å². The molecule has 0 atom stereocenters. The van der Waals surface area contributed by atoms with Gasteiger partial charge in [0.2, 0.25) is 0 Å². The second kappa shape index (κ2) is 9.94. The molecular weight excluding hydrogens is 337 g/mol. The Hall–Kier alpha value is -1.04. The minimum absolute atomic E-state index is 0. The van der Waals surface area contributed by atoms with Crippen LogP contribution >= 0.6 is 24.0 Å². The summed E-state index contributed by atoms with van der Waals surface area (Å²) in [7, 11) is 0. The molecule has 0 aliphatic heterocycles. The van der Waals surface area contributed by atoms with Crippen LogP contribution in [0.25, 0.3) is 0 Å². The van der Waals surface area contributed by atoms with Crippen molar-refractivity contribution in [2.24, 2.45) is 10.7 Å². The van der Waals surface area contributed by atoms with Crippen LogP contribution in [0.2, 0.25) is 0 Å². The van der Waals surface area contributed by atoms with E-state index in [-0.39, 0.29) is 24.0 Å². The van der Waals surface area contributed by atoms with E-state index in [9.17, 15) is 0 Å². The molecule has 3 nitrogen and oxygen atoms in total. The lowest BCUT2D eigenvalue weighted by molar-refractivity contribution is 1.000. The highest BCUT2D eigenvalue weighted by Gasteiger charge is 1.95. The minimum Gasteiger partial charge on any atom is -0.370 e. The van der Waals surface area contributed by atoms with E-state index in [1.54, 1.807) is 0 Å². The van der Waals surface area contributed by atoms with Gasteiger partial charge in [-0.3, -0.25) is 4.99 Å². The highest BCUT2D eigenvalue weighted by atomic mass is 127. The van der Waals surface area contributed by atoms with E-state index in [1.165, 1.54) is 5.56 Å². The van der Waals surface area contributed by atoms with E-state index in [1.807, 2.05) is 25.1 Å². The van der Waals surface area contributed by atoms with Crippen molar-refractivity contribution < 1.29 is 0 Å². The Balaban J connectivity index is 0.00000289. The average Bonchev–Trinajstić information content (AvgIpc) is 2.35. The zero-order valence-electron chi connectivity index (χ0n) is 11.0. The second-order valence-electron chi connectivity index (χ2n) is 3.80. The van der Waals surface area contributed by atoms with Gasteiger partial charge in [-0.1, -0.05) is 31.2 Å². The second-order valence-corrected chi connectivity index (χ2v) is 3.80. The van der Waals surface area contributed by atoms with E-state index >= 15 is 0 Å². The van der Waals surface area contributed by atoms with E-state index in [2.05, 4.69) is 35.4 Å². The standard InChI is InChI=1S/C14H21N3.HI/c1-3-5-6-10-16-14(15)17-13-9-7-8-12(4-2)11-13;/h3,5,7-9,11H,4,6,10H2,1-2H3,(H3,15,16,17);1H. The Morgan fingerprint density at radius 3 is 2.89 bits per heavy atom. The lowest BCUT2D eigenvalue weighted by atomic mass is 10.1. The van der Waals surface area contributed by atoms with Gasteiger partial charge in [0, 0.05) is 12.2 Å². The summed E-state index contributed by atoms with van der Waals surface area (Å²) >= 11 is 0. The number of anilines is 1. The molecule has 0 aliphatic carbocycles. The topological polar surface area (TPSA) is 50.4 Å². The highest BCUT2D eigenvalue weighted by molar-refractivity contribution is 14.0. The third-order valence-corrected chi connectivity index (χ3v) is 2.42. The Morgan fingerprint density at radius 1 is 1.44 bits per heavy atom. The van der Waals surface area contributed by atoms with E-state index in [4.69, 9.17) is 5.73 Å². The van der Waals surface area contributed by atoms with Crippen molar-refractivity contribution in [3.63, 3.8) is 0 Å². The summed E-state index contributed by atoms with van der Waals surface area (Å²) in [6, 6.07) is 8.21. The fourth-order valence-electron chi connectivity index (χ4n) is 1.48. The van der Waals surface area contributed by atoms with E-state index < -0.39 is 0 Å². The molecule has 0 fully saturated rings. The number of halogens is 1. The maximum Gasteiger partial charge on any atom is 0.193 e. The number of aliphatic imine (C=N–C) groups is 1. The molecule has 1 rings (SSSR count). The molecule has 0 radical (unpaired) electrons. The lowest BCUT2D eigenvalue weighted by Crippen LogP contribution is -2.22. The van der Waals surface area contributed by atoms with E-state index in [0.29, 0.717) is 5.96 Å². The lowest BCUT2D eigenvalue weighted by Gasteiger charge is -2.06. The summed E-state index contributed by atoms with van der Waals surface area (Å²) in [6.45, 7) is 4.85. The number of aryl methyl sites for hydroxylation is 1. The highest BCUT2D eigenvalue weighted by Crippen LogP contribution is 2.10. The SMILES string of the molecule is CC=CCCN=C(N)Nc1cccc(CC)c1.I. The summed E-state index contributed by atoms with van der Waals surface area (Å²) < 4.78 is 0. The molecule has 0 bridgehead atoms. The smallest absolute Gasteiger partial charge is 0.193 e. The molecule has 0 saturated carbocycles. The third-order valence-electron chi connectivity index (χ3n) is 2.42. The first-order valence-electron chi connectivity index (χ1n) is 6.03. The van der Waals surface area contributed by atoms with Gasteiger partial charge in [0.05, 0.1) is 0 Å². The van der Waals surface area contributed by atoms with Crippen molar-refractivity contribution in [2.75, 3.05) is 11.9 Å². The molecule has 100 valence electrons. The van der Waals surface area contributed by atoms with Crippen LogP contribution < -0.4 is 11.1 Å². The summed E-state index contributed by atoms with van der Waals surface area (Å²) in [4.78, 5) is 4.24. The number of nitrogens with two attached hydrogens (primary N) is 1. The Kier molecular flexibility index (Phi) is 9.36. The van der Waals surface area contributed by atoms with Gasteiger partial charge in [-0.25, -0.2) is 0 Å². The number of nitrogens with zero attached hydrogens (tertiary/aromatic N) is 1. The van der Waals surface area contributed by atoms with Crippen LogP contribution in [-0.2, 0) is 6.42 Å². The Labute approximate surface area is 127 Å². The van der Waals surface area contributed by atoms with Gasteiger partial charge in [-0.05, 0) is 37.5 Å². The van der Waals surface area contributed by atoms with Crippen LogP contribution in [0.5, 0.6) is 0 Å². The van der Waals surface area contributed by atoms with Crippen molar-refractivity contribution in [1.82, 2.24) is 0 Å². The maximum absolute atomic E-state index is 5.79. The van der Waals surface area contributed by atoms with E-state index in [0.717, 1.165) is 25.1 Å². The number of rotatable bonds is 5. The van der Waals surface area contributed by atoms with Gasteiger partial charge >= 0.3 is 0 Å². The number of hydrogen-bond acceptors (Lipinski definition) is 1. The molecule has 0 saturated heterocycles. The first-order chi connectivity index (χ1) is 8.26. The maximum atomic E-state index is 5.79. The van der Waals surface area contributed by atoms with Crippen LogP contribution in [0.3, 0.4) is 0 Å². The third kappa shape index (κ3) is 6.64. The van der Waals surface area contributed by atoms with Gasteiger partial charge < -0.3 is 11.1 Å². The molecule has 4 heteroatoms. The van der Waals surface area contributed by atoms with Gasteiger partial charge in [-0.2, -0.15) is 0 Å². The molecule has 1 aromatic rings. The molecule has 0 unspecified atom stereocenters. The number of guanidine groups is 1. The first-order valence-corrected chi connectivity index (χ1v) is 6.03. The minimum atomic E-state index is 0. The monoisotopic (exact) mass is 359 g/mol. The molecular formula is C14H22IN3. The summed E-state index contributed by atoms with van der Waals surface area (Å²) in [5, 5.41) is 3.10. The molecule has 3 N–H and O–H groups in total. The number of allylic oxidation sites excluding steroid dienone is 1. The fourth-order valence-corrected chi connectivity index (χ4v) is 1.48. The normalized spacial score (nSPS) is 11.3. The largest absolute Gasteiger partial charge is 0.370 e. The van der Waals surface area contributed by atoms with Crippen molar-refractivity contribution in [3.05, 3.63) is 42.0 Å². The van der Waals surface area contributed by atoms with Crippen LogP contribution in [0.4, 0.5) is 5.69 Å². The zero-order chi connectivity index (χ0) is 12.5. The van der Waals surface area contributed by atoms with Gasteiger partial charge in [0.15, 0.2) is 5.96 Å². The predicted octanol–water partition coefficient (Wildman–Crippen LogP) is 3.56. The molecule has 1 aromatic carbocycles.